The van der Waals surface area contributed by atoms with Crippen LogP contribution in [0.3, 0.4) is 0 Å². The summed E-state index contributed by atoms with van der Waals surface area (Å²) in [4.78, 5) is 40.1. The molecule has 0 bridgehead atoms. The SMILES string of the molecule is Cc1nc2c(c(-c3ccc(Cl)cc3)c1[N+](=O)[O-])c(=O)n(C)c(=O)n2C. The number of benzene rings is 1. The van der Waals surface area contributed by atoms with Crippen molar-refractivity contribution in [1.82, 2.24) is 14.1 Å². The van der Waals surface area contributed by atoms with Gasteiger partial charge >= 0.3 is 5.69 Å². The van der Waals surface area contributed by atoms with Crippen LogP contribution in [0.2, 0.25) is 5.02 Å². The molecular weight excluding hydrogens is 348 g/mol. The normalized spacial score (nSPS) is 11.0. The summed E-state index contributed by atoms with van der Waals surface area (Å²) >= 11 is 5.90. The fraction of sp³-hybridized carbons (Fsp3) is 0.188. The molecule has 1 aromatic carbocycles. The predicted octanol–water partition coefficient (Wildman–Crippen LogP) is 2.17. The topological polar surface area (TPSA) is 100 Å². The zero-order chi connectivity index (χ0) is 18.5. The average Bonchev–Trinajstić information content (AvgIpc) is 2.57. The molecule has 0 aliphatic rings. The Labute approximate surface area is 146 Å². The van der Waals surface area contributed by atoms with Gasteiger partial charge in [0.2, 0.25) is 0 Å². The fourth-order valence-corrected chi connectivity index (χ4v) is 2.94. The van der Waals surface area contributed by atoms with Gasteiger partial charge in [0.25, 0.3) is 11.2 Å². The van der Waals surface area contributed by atoms with Crippen LogP contribution in [0.15, 0.2) is 33.9 Å². The molecule has 9 heteroatoms. The van der Waals surface area contributed by atoms with Crippen LogP contribution >= 0.6 is 11.6 Å². The number of fused-ring (bicyclic) bond motifs is 1. The molecule has 128 valence electrons. The molecule has 0 atom stereocenters. The highest BCUT2D eigenvalue weighted by Crippen LogP contribution is 2.36. The standard InChI is InChI=1S/C16H13ClN4O4/c1-8-13(21(24)25)11(9-4-6-10(17)7-5-9)12-14(18-8)19(2)16(23)20(3)15(12)22/h4-7H,1-3H3. The van der Waals surface area contributed by atoms with Crippen molar-refractivity contribution in [1.29, 1.82) is 0 Å². The highest BCUT2D eigenvalue weighted by atomic mass is 35.5. The van der Waals surface area contributed by atoms with Gasteiger partial charge in [0.1, 0.15) is 5.69 Å². The Kier molecular flexibility index (Phi) is 3.92. The third-order valence-electron chi connectivity index (χ3n) is 4.05. The van der Waals surface area contributed by atoms with E-state index in [0.717, 1.165) is 4.57 Å². The molecule has 8 nitrogen and oxygen atoms in total. The Hall–Kier alpha value is -3.00. The zero-order valence-corrected chi connectivity index (χ0v) is 14.4. The van der Waals surface area contributed by atoms with Gasteiger partial charge < -0.3 is 0 Å². The molecule has 0 amide bonds. The quantitative estimate of drug-likeness (QED) is 0.515. The van der Waals surface area contributed by atoms with Gasteiger partial charge in [0.05, 0.1) is 15.9 Å². The van der Waals surface area contributed by atoms with Crippen LogP contribution in [0, 0.1) is 17.0 Å². The van der Waals surface area contributed by atoms with E-state index in [0.29, 0.717) is 10.6 Å². The summed E-state index contributed by atoms with van der Waals surface area (Å²) < 4.78 is 2.11. The molecule has 0 saturated carbocycles. The first-order chi connectivity index (χ1) is 11.7. The first-order valence-electron chi connectivity index (χ1n) is 7.24. The molecule has 0 unspecified atom stereocenters. The van der Waals surface area contributed by atoms with Crippen LogP contribution in [0.1, 0.15) is 5.69 Å². The third kappa shape index (κ3) is 2.51. The van der Waals surface area contributed by atoms with E-state index in [1.807, 2.05) is 0 Å². The number of pyridine rings is 1. The number of nitrogens with zero attached hydrogens (tertiary/aromatic N) is 4. The van der Waals surface area contributed by atoms with Crippen molar-refractivity contribution < 1.29 is 4.92 Å². The second kappa shape index (κ2) is 5.82. The van der Waals surface area contributed by atoms with Crippen molar-refractivity contribution in [3.8, 4) is 11.1 Å². The number of rotatable bonds is 2. The minimum atomic E-state index is -0.640. The van der Waals surface area contributed by atoms with Crippen LogP contribution in [0.5, 0.6) is 0 Å². The van der Waals surface area contributed by atoms with E-state index >= 15 is 0 Å². The summed E-state index contributed by atoms with van der Waals surface area (Å²) in [5.41, 5.74) is -0.681. The summed E-state index contributed by atoms with van der Waals surface area (Å²) in [5.74, 6) is 0. The number of hydrogen-bond donors (Lipinski definition) is 0. The molecule has 0 aliphatic carbocycles. The summed E-state index contributed by atoms with van der Waals surface area (Å²) in [6.07, 6.45) is 0. The van der Waals surface area contributed by atoms with Gasteiger partial charge in [-0.05, 0) is 24.6 Å². The summed E-state index contributed by atoms with van der Waals surface area (Å²) in [6, 6.07) is 6.34. The first-order valence-corrected chi connectivity index (χ1v) is 7.62. The first kappa shape index (κ1) is 16.8. The summed E-state index contributed by atoms with van der Waals surface area (Å²) in [5, 5.41) is 12.1. The maximum absolute atomic E-state index is 12.7. The second-order valence-corrected chi connectivity index (χ2v) is 6.03. The Morgan fingerprint density at radius 2 is 1.72 bits per heavy atom. The third-order valence-corrected chi connectivity index (χ3v) is 4.30. The zero-order valence-electron chi connectivity index (χ0n) is 13.6. The van der Waals surface area contributed by atoms with Crippen molar-refractivity contribution in [2.24, 2.45) is 14.1 Å². The number of aromatic nitrogens is 3. The fourth-order valence-electron chi connectivity index (χ4n) is 2.82. The summed E-state index contributed by atoms with van der Waals surface area (Å²) in [7, 11) is 2.79. The number of hydrogen-bond acceptors (Lipinski definition) is 5. The molecule has 2 heterocycles. The van der Waals surface area contributed by atoms with E-state index in [1.165, 1.54) is 25.6 Å². The minimum Gasteiger partial charge on any atom is -0.280 e. The Morgan fingerprint density at radius 1 is 1.12 bits per heavy atom. The lowest BCUT2D eigenvalue weighted by molar-refractivity contribution is -0.384. The monoisotopic (exact) mass is 360 g/mol. The minimum absolute atomic E-state index is 0.0178. The van der Waals surface area contributed by atoms with Crippen LogP contribution in [-0.2, 0) is 14.1 Å². The number of aryl methyl sites for hydroxylation is 2. The molecule has 3 rings (SSSR count). The number of halogens is 1. The number of nitro groups is 1. The van der Waals surface area contributed by atoms with E-state index in [1.54, 1.807) is 24.3 Å². The van der Waals surface area contributed by atoms with Crippen molar-refractivity contribution in [2.45, 2.75) is 6.92 Å². The molecule has 2 aromatic heterocycles. The van der Waals surface area contributed by atoms with Gasteiger partial charge in [-0.25, -0.2) is 9.78 Å². The molecule has 0 aliphatic heterocycles. The Balaban J connectivity index is 2.66. The molecule has 0 fully saturated rings. The van der Waals surface area contributed by atoms with Crippen LogP contribution in [-0.4, -0.2) is 19.0 Å². The van der Waals surface area contributed by atoms with E-state index in [9.17, 15) is 19.7 Å². The van der Waals surface area contributed by atoms with Crippen molar-refractivity contribution in [3.63, 3.8) is 0 Å². The van der Waals surface area contributed by atoms with E-state index in [4.69, 9.17) is 11.6 Å². The smallest absolute Gasteiger partial charge is 0.280 e. The average molecular weight is 361 g/mol. The van der Waals surface area contributed by atoms with Crippen molar-refractivity contribution in [2.75, 3.05) is 0 Å². The highest BCUT2D eigenvalue weighted by Gasteiger charge is 2.27. The largest absolute Gasteiger partial charge is 0.332 e. The lowest BCUT2D eigenvalue weighted by atomic mass is 10.00. The lowest BCUT2D eigenvalue weighted by Crippen LogP contribution is -2.37. The molecule has 0 N–H and O–H groups in total. The molecule has 0 radical (unpaired) electrons. The van der Waals surface area contributed by atoms with Crippen molar-refractivity contribution >= 4 is 28.3 Å². The van der Waals surface area contributed by atoms with E-state index < -0.39 is 16.2 Å². The van der Waals surface area contributed by atoms with E-state index in [2.05, 4.69) is 4.98 Å². The molecule has 3 aromatic rings. The van der Waals surface area contributed by atoms with Gasteiger partial charge in [-0.3, -0.25) is 24.0 Å². The van der Waals surface area contributed by atoms with Crippen molar-refractivity contribution in [3.05, 3.63) is 65.9 Å². The maximum Gasteiger partial charge on any atom is 0.332 e. The molecule has 25 heavy (non-hydrogen) atoms. The Morgan fingerprint density at radius 3 is 2.28 bits per heavy atom. The van der Waals surface area contributed by atoms with Crippen LogP contribution in [0.25, 0.3) is 22.2 Å². The molecular formula is C16H13ClN4O4. The lowest BCUT2D eigenvalue weighted by Gasteiger charge is -2.13. The highest BCUT2D eigenvalue weighted by molar-refractivity contribution is 6.30. The maximum atomic E-state index is 12.7. The van der Waals surface area contributed by atoms with Gasteiger partial charge in [-0.1, -0.05) is 23.7 Å². The Bertz CT molecular complexity index is 1150. The van der Waals surface area contributed by atoms with Crippen LogP contribution < -0.4 is 11.2 Å². The van der Waals surface area contributed by atoms with Gasteiger partial charge in [0, 0.05) is 19.1 Å². The predicted molar refractivity (Wildman–Crippen MR) is 94.1 cm³/mol. The van der Waals surface area contributed by atoms with Gasteiger partial charge in [-0.15, -0.1) is 0 Å². The second-order valence-electron chi connectivity index (χ2n) is 5.59. The van der Waals surface area contributed by atoms with Gasteiger partial charge in [0.15, 0.2) is 5.65 Å². The van der Waals surface area contributed by atoms with Gasteiger partial charge in [-0.2, -0.15) is 0 Å². The summed E-state index contributed by atoms with van der Waals surface area (Å²) in [6.45, 7) is 1.47. The van der Waals surface area contributed by atoms with Crippen LogP contribution in [0.4, 0.5) is 5.69 Å². The molecule has 0 spiro atoms. The molecule has 0 saturated heterocycles. The van der Waals surface area contributed by atoms with E-state index in [-0.39, 0.29) is 28.0 Å².